The van der Waals surface area contributed by atoms with Gasteiger partial charge in [0.1, 0.15) is 11.3 Å². The minimum Gasteiger partial charge on any atom is -0.459 e. The Kier molecular flexibility index (Phi) is 3.28. The van der Waals surface area contributed by atoms with Crippen LogP contribution in [0.1, 0.15) is 44.4 Å². The van der Waals surface area contributed by atoms with Crippen LogP contribution in [0.3, 0.4) is 0 Å². The quantitative estimate of drug-likeness (QED) is 0.908. The molecule has 0 saturated heterocycles. The third-order valence-electron chi connectivity index (χ3n) is 3.96. The highest BCUT2D eigenvalue weighted by molar-refractivity contribution is 5.80. The van der Waals surface area contributed by atoms with Gasteiger partial charge >= 0.3 is 0 Å². The molecule has 3 rings (SSSR count). The average Bonchev–Trinajstić information content (AvgIpc) is 3.07. The Hall–Kier alpha value is -1.77. The molecule has 1 N–H and O–H groups in total. The van der Waals surface area contributed by atoms with Crippen LogP contribution >= 0.6 is 0 Å². The summed E-state index contributed by atoms with van der Waals surface area (Å²) < 4.78 is 5.78. The number of benzene rings is 1. The second-order valence-corrected chi connectivity index (χ2v) is 5.40. The van der Waals surface area contributed by atoms with E-state index in [1.807, 2.05) is 37.3 Å². The summed E-state index contributed by atoms with van der Waals surface area (Å²) in [6.07, 6.45) is 4.41. The minimum atomic E-state index is -0.0690. The fourth-order valence-corrected chi connectivity index (χ4v) is 2.81. The summed E-state index contributed by atoms with van der Waals surface area (Å²) in [5, 5.41) is 4.15. The molecular formula is C16H19NO2. The van der Waals surface area contributed by atoms with Crippen LogP contribution < -0.4 is 5.32 Å². The second-order valence-electron chi connectivity index (χ2n) is 5.40. The molecule has 1 unspecified atom stereocenters. The fraction of sp³-hybridized carbons (Fsp3) is 0.438. The number of para-hydroxylation sites is 1. The van der Waals surface area contributed by atoms with Gasteiger partial charge in [0.25, 0.3) is 0 Å². The monoisotopic (exact) mass is 257 g/mol. The number of furan rings is 1. The molecule has 100 valence electrons. The summed E-state index contributed by atoms with van der Waals surface area (Å²) in [6.45, 7) is 1.98. The third kappa shape index (κ3) is 2.50. The van der Waals surface area contributed by atoms with Crippen molar-refractivity contribution in [1.82, 2.24) is 5.32 Å². The van der Waals surface area contributed by atoms with Crippen LogP contribution in [0.15, 0.2) is 34.7 Å². The van der Waals surface area contributed by atoms with E-state index < -0.39 is 0 Å². The highest BCUT2D eigenvalue weighted by atomic mass is 16.3. The zero-order chi connectivity index (χ0) is 13.2. The molecule has 1 amide bonds. The standard InChI is InChI=1S/C16H19NO2/c1-11(17-16(18)12-6-2-3-7-12)15-10-13-8-4-5-9-14(13)19-15/h4-5,8-12H,2-3,6-7H2,1H3,(H,17,18). The number of carbonyl (C=O) groups excluding carboxylic acids is 1. The van der Waals surface area contributed by atoms with E-state index in [1.54, 1.807) is 0 Å². The van der Waals surface area contributed by atoms with Crippen LogP contribution in [-0.4, -0.2) is 5.91 Å². The van der Waals surface area contributed by atoms with Gasteiger partial charge in [-0.25, -0.2) is 0 Å². The van der Waals surface area contributed by atoms with Crippen LogP contribution in [0.4, 0.5) is 0 Å². The van der Waals surface area contributed by atoms with E-state index in [0.717, 1.165) is 29.6 Å². The van der Waals surface area contributed by atoms with E-state index >= 15 is 0 Å². The molecule has 1 aromatic carbocycles. The molecule has 1 atom stereocenters. The Morgan fingerprint density at radius 1 is 1.32 bits per heavy atom. The van der Waals surface area contributed by atoms with Gasteiger partial charge < -0.3 is 9.73 Å². The SMILES string of the molecule is CC(NC(=O)C1CCCC1)c1cc2ccccc2o1. The maximum absolute atomic E-state index is 12.1. The lowest BCUT2D eigenvalue weighted by Gasteiger charge is -2.14. The van der Waals surface area contributed by atoms with Crippen LogP contribution in [0, 0.1) is 5.92 Å². The number of hydrogen-bond acceptors (Lipinski definition) is 2. The third-order valence-corrected chi connectivity index (χ3v) is 3.96. The number of hydrogen-bond donors (Lipinski definition) is 1. The first kappa shape index (κ1) is 12.3. The number of fused-ring (bicyclic) bond motifs is 1. The van der Waals surface area contributed by atoms with Crippen molar-refractivity contribution in [3.63, 3.8) is 0 Å². The first-order valence-corrected chi connectivity index (χ1v) is 7.03. The molecule has 1 saturated carbocycles. The predicted molar refractivity (Wildman–Crippen MR) is 74.7 cm³/mol. The molecule has 2 aromatic rings. The lowest BCUT2D eigenvalue weighted by molar-refractivity contribution is -0.125. The van der Waals surface area contributed by atoms with Gasteiger partial charge in [-0.3, -0.25) is 4.79 Å². The van der Waals surface area contributed by atoms with Gasteiger partial charge in [0.15, 0.2) is 0 Å². The van der Waals surface area contributed by atoms with Crippen molar-refractivity contribution in [2.45, 2.75) is 38.6 Å². The zero-order valence-electron chi connectivity index (χ0n) is 11.2. The molecular weight excluding hydrogens is 238 g/mol. The highest BCUT2D eigenvalue weighted by Crippen LogP contribution is 2.27. The summed E-state index contributed by atoms with van der Waals surface area (Å²) in [5.41, 5.74) is 0.875. The molecule has 0 spiro atoms. The van der Waals surface area contributed by atoms with E-state index in [1.165, 1.54) is 12.8 Å². The molecule has 1 heterocycles. The number of carbonyl (C=O) groups is 1. The van der Waals surface area contributed by atoms with Crippen LogP contribution in [-0.2, 0) is 4.79 Å². The van der Waals surface area contributed by atoms with E-state index in [0.29, 0.717) is 0 Å². The summed E-state index contributed by atoms with van der Waals surface area (Å²) in [4.78, 5) is 12.1. The van der Waals surface area contributed by atoms with Crippen molar-refractivity contribution >= 4 is 16.9 Å². The summed E-state index contributed by atoms with van der Waals surface area (Å²) >= 11 is 0. The summed E-state index contributed by atoms with van der Waals surface area (Å²) in [5.74, 6) is 1.20. The number of rotatable bonds is 3. The van der Waals surface area contributed by atoms with Crippen molar-refractivity contribution < 1.29 is 9.21 Å². The Labute approximate surface area is 113 Å². The van der Waals surface area contributed by atoms with Crippen LogP contribution in [0.5, 0.6) is 0 Å². The normalized spacial score (nSPS) is 17.7. The Bertz CT molecular complexity index is 548. The Balaban J connectivity index is 1.72. The fourth-order valence-electron chi connectivity index (χ4n) is 2.81. The Morgan fingerprint density at radius 3 is 2.79 bits per heavy atom. The van der Waals surface area contributed by atoms with Gasteiger partial charge in [-0.15, -0.1) is 0 Å². The van der Waals surface area contributed by atoms with E-state index in [4.69, 9.17) is 4.42 Å². The van der Waals surface area contributed by atoms with Crippen molar-refractivity contribution in [2.24, 2.45) is 5.92 Å². The van der Waals surface area contributed by atoms with Gasteiger partial charge in [0.2, 0.25) is 5.91 Å². The van der Waals surface area contributed by atoms with Gasteiger partial charge in [-0.1, -0.05) is 31.0 Å². The van der Waals surface area contributed by atoms with Crippen LogP contribution in [0.2, 0.25) is 0 Å². The lowest BCUT2D eigenvalue weighted by atomic mass is 10.1. The van der Waals surface area contributed by atoms with Crippen molar-refractivity contribution in [2.75, 3.05) is 0 Å². The first-order chi connectivity index (χ1) is 9.24. The van der Waals surface area contributed by atoms with E-state index in [-0.39, 0.29) is 17.9 Å². The number of amides is 1. The highest BCUT2D eigenvalue weighted by Gasteiger charge is 2.24. The lowest BCUT2D eigenvalue weighted by Crippen LogP contribution is -2.31. The molecule has 1 aliphatic rings. The smallest absolute Gasteiger partial charge is 0.223 e. The van der Waals surface area contributed by atoms with Crippen molar-refractivity contribution in [1.29, 1.82) is 0 Å². The topological polar surface area (TPSA) is 42.2 Å². The molecule has 0 radical (unpaired) electrons. The Morgan fingerprint density at radius 2 is 2.05 bits per heavy atom. The van der Waals surface area contributed by atoms with Gasteiger partial charge in [-0.2, -0.15) is 0 Å². The minimum absolute atomic E-state index is 0.0690. The first-order valence-electron chi connectivity index (χ1n) is 7.03. The second kappa shape index (κ2) is 5.08. The average molecular weight is 257 g/mol. The molecule has 1 aromatic heterocycles. The summed E-state index contributed by atoms with van der Waals surface area (Å²) in [7, 11) is 0. The molecule has 19 heavy (non-hydrogen) atoms. The van der Waals surface area contributed by atoms with E-state index in [2.05, 4.69) is 5.32 Å². The molecule has 3 heteroatoms. The maximum atomic E-state index is 12.1. The van der Waals surface area contributed by atoms with Gasteiger partial charge in [-0.05, 0) is 31.9 Å². The predicted octanol–water partition coefficient (Wildman–Crippen LogP) is 3.80. The molecule has 0 bridgehead atoms. The molecule has 1 aliphatic carbocycles. The van der Waals surface area contributed by atoms with Crippen molar-refractivity contribution in [3.05, 3.63) is 36.1 Å². The number of nitrogens with one attached hydrogen (secondary N) is 1. The largest absolute Gasteiger partial charge is 0.459 e. The van der Waals surface area contributed by atoms with E-state index in [9.17, 15) is 4.79 Å². The molecule has 3 nitrogen and oxygen atoms in total. The van der Waals surface area contributed by atoms with Crippen LogP contribution in [0.25, 0.3) is 11.0 Å². The zero-order valence-corrected chi connectivity index (χ0v) is 11.2. The molecule has 1 fully saturated rings. The summed E-state index contributed by atoms with van der Waals surface area (Å²) in [6, 6.07) is 9.86. The maximum Gasteiger partial charge on any atom is 0.223 e. The van der Waals surface area contributed by atoms with Crippen molar-refractivity contribution in [3.8, 4) is 0 Å². The van der Waals surface area contributed by atoms with Gasteiger partial charge in [0.05, 0.1) is 6.04 Å². The molecule has 0 aliphatic heterocycles. The van der Waals surface area contributed by atoms with Gasteiger partial charge in [0, 0.05) is 11.3 Å².